The van der Waals surface area contributed by atoms with Crippen LogP contribution in [0.2, 0.25) is 0 Å². The summed E-state index contributed by atoms with van der Waals surface area (Å²) in [5, 5.41) is 0. The molecule has 0 spiro atoms. The van der Waals surface area contributed by atoms with Crippen molar-refractivity contribution >= 4 is 5.97 Å². The molecule has 0 aromatic heterocycles. The Morgan fingerprint density at radius 3 is 2.67 bits per heavy atom. The molecule has 0 amide bonds. The first-order chi connectivity index (χ1) is 4.79. The molecule has 0 saturated heterocycles. The standard InChI is InChI=1S/C8H7O2.HI.Zn/c1-7(9)10-8-5-3-2-4-6-8;;/h2-3,5-6H,1H3;1H;/p-1. The molecular weight excluding hydrogens is 320 g/mol. The van der Waals surface area contributed by atoms with Gasteiger partial charge in [0.2, 0.25) is 0 Å². The Labute approximate surface area is 101 Å². The molecule has 1 aromatic carbocycles. The van der Waals surface area contributed by atoms with Crippen molar-refractivity contribution in [2.45, 2.75) is 6.92 Å². The number of carbonyl (C=O) groups is 1. The van der Waals surface area contributed by atoms with Gasteiger partial charge in [-0.3, -0.25) is 4.79 Å². The third-order valence-electron chi connectivity index (χ3n) is 0.940. The van der Waals surface area contributed by atoms with E-state index in [0.29, 0.717) is 5.75 Å². The maximum atomic E-state index is 10.4. The number of carbonyl (C=O) groups excluding carboxylic acids is 1. The molecule has 0 bridgehead atoms. The summed E-state index contributed by atoms with van der Waals surface area (Å²) in [6, 6.07) is 9.61. The number of halogens is 1. The van der Waals surface area contributed by atoms with E-state index in [-0.39, 0.29) is 49.4 Å². The van der Waals surface area contributed by atoms with Gasteiger partial charge in [-0.05, 0) is 18.2 Å². The Morgan fingerprint density at radius 1 is 1.58 bits per heavy atom. The summed E-state index contributed by atoms with van der Waals surface area (Å²) in [4.78, 5) is 10.4. The molecule has 2 nitrogen and oxygen atoms in total. The molecule has 4 heteroatoms. The van der Waals surface area contributed by atoms with Crippen molar-refractivity contribution in [1.29, 1.82) is 0 Å². The van der Waals surface area contributed by atoms with E-state index in [0.717, 1.165) is 0 Å². The van der Waals surface area contributed by atoms with Gasteiger partial charge in [-0.25, -0.2) is 0 Å². The molecule has 1 radical (unpaired) electrons. The molecule has 0 N–H and O–H groups in total. The summed E-state index contributed by atoms with van der Waals surface area (Å²) < 4.78 is 4.74. The van der Waals surface area contributed by atoms with E-state index in [4.69, 9.17) is 4.74 Å². The van der Waals surface area contributed by atoms with Crippen LogP contribution in [0.4, 0.5) is 0 Å². The third-order valence-corrected chi connectivity index (χ3v) is 0.940. The SMILES string of the molecule is CC(=O)Oc1c[c]ccc1.[I-].[Zn]. The molecule has 1 aromatic rings. The van der Waals surface area contributed by atoms with Crippen molar-refractivity contribution < 1.29 is 53.0 Å². The van der Waals surface area contributed by atoms with Crippen molar-refractivity contribution in [3.05, 3.63) is 30.3 Å². The number of ether oxygens (including phenoxy) is 1. The van der Waals surface area contributed by atoms with E-state index in [1.54, 1.807) is 24.3 Å². The number of rotatable bonds is 1. The van der Waals surface area contributed by atoms with E-state index < -0.39 is 0 Å². The fraction of sp³-hybridized carbons (Fsp3) is 0.125. The van der Waals surface area contributed by atoms with Gasteiger partial charge in [0.15, 0.2) is 0 Å². The van der Waals surface area contributed by atoms with Gasteiger partial charge >= 0.3 is 5.97 Å². The second kappa shape index (κ2) is 7.68. The van der Waals surface area contributed by atoms with Gasteiger partial charge < -0.3 is 28.7 Å². The van der Waals surface area contributed by atoms with Crippen LogP contribution in [-0.4, -0.2) is 5.97 Å². The van der Waals surface area contributed by atoms with Gasteiger partial charge in [0, 0.05) is 26.4 Å². The van der Waals surface area contributed by atoms with Crippen LogP contribution in [0.25, 0.3) is 0 Å². The van der Waals surface area contributed by atoms with Gasteiger partial charge in [-0.1, -0.05) is 12.1 Å². The van der Waals surface area contributed by atoms with Crippen molar-refractivity contribution in [2.24, 2.45) is 0 Å². The van der Waals surface area contributed by atoms with E-state index in [2.05, 4.69) is 6.07 Å². The van der Waals surface area contributed by atoms with Crippen LogP contribution in [0.3, 0.4) is 0 Å². The Bertz CT molecular complexity index is 226. The molecule has 12 heavy (non-hydrogen) atoms. The monoisotopic (exact) mass is 326 g/mol. The average Bonchev–Trinajstić information content (AvgIpc) is 1.88. The predicted molar refractivity (Wildman–Crippen MR) is 36.6 cm³/mol. The van der Waals surface area contributed by atoms with Gasteiger partial charge in [0.25, 0.3) is 0 Å². The predicted octanol–water partition coefficient (Wildman–Crippen LogP) is -1.59. The molecule has 0 fully saturated rings. The van der Waals surface area contributed by atoms with Gasteiger partial charge in [-0.2, -0.15) is 0 Å². The molecule has 0 aliphatic rings. The molecule has 61 valence electrons. The van der Waals surface area contributed by atoms with Gasteiger partial charge in [0.05, 0.1) is 0 Å². The largest absolute Gasteiger partial charge is 1.00 e. The van der Waals surface area contributed by atoms with Crippen LogP contribution in [0.15, 0.2) is 24.3 Å². The minimum absolute atomic E-state index is 0. The molecule has 0 heterocycles. The Balaban J connectivity index is 0. The smallest absolute Gasteiger partial charge is 0.308 e. The normalized spacial score (nSPS) is 7.42. The third kappa shape index (κ3) is 5.66. The maximum absolute atomic E-state index is 10.4. The number of hydrogen-bond acceptors (Lipinski definition) is 2. The molecule has 1 rings (SSSR count). The topological polar surface area (TPSA) is 26.3 Å². The van der Waals surface area contributed by atoms with Crippen molar-refractivity contribution in [2.75, 3.05) is 0 Å². The first-order valence-corrected chi connectivity index (χ1v) is 2.93. The Kier molecular flexibility index (Phi) is 9.32. The van der Waals surface area contributed by atoms with Crippen molar-refractivity contribution in [3.63, 3.8) is 0 Å². The second-order valence-corrected chi connectivity index (χ2v) is 1.83. The van der Waals surface area contributed by atoms with Crippen LogP contribution < -0.4 is 28.7 Å². The van der Waals surface area contributed by atoms with E-state index in [9.17, 15) is 4.79 Å². The maximum Gasteiger partial charge on any atom is 0.308 e. The van der Waals surface area contributed by atoms with Crippen LogP contribution in [-0.2, 0) is 24.3 Å². The summed E-state index contributed by atoms with van der Waals surface area (Å²) in [5.74, 6) is 0.231. The van der Waals surface area contributed by atoms with Crippen LogP contribution in [0.5, 0.6) is 5.75 Å². The molecule has 0 saturated carbocycles. The number of esters is 1. The Morgan fingerprint density at radius 2 is 2.25 bits per heavy atom. The van der Waals surface area contributed by atoms with Crippen LogP contribution in [0.1, 0.15) is 6.92 Å². The molecule has 0 unspecified atom stereocenters. The summed E-state index contributed by atoms with van der Waals surface area (Å²) in [6.07, 6.45) is 0. The van der Waals surface area contributed by atoms with Crippen LogP contribution in [0, 0.1) is 6.07 Å². The summed E-state index contributed by atoms with van der Waals surface area (Å²) in [5.41, 5.74) is 0. The molecular formula is C8H7IO2Zn-. The van der Waals surface area contributed by atoms with Gasteiger partial charge in [-0.15, -0.1) is 0 Å². The van der Waals surface area contributed by atoms with Crippen LogP contribution >= 0.6 is 0 Å². The minimum Gasteiger partial charge on any atom is -1.00 e. The zero-order chi connectivity index (χ0) is 7.40. The first-order valence-electron chi connectivity index (χ1n) is 2.93. The summed E-state index contributed by atoms with van der Waals surface area (Å²) in [7, 11) is 0. The van der Waals surface area contributed by atoms with E-state index >= 15 is 0 Å². The van der Waals surface area contributed by atoms with E-state index in [1.165, 1.54) is 6.92 Å². The fourth-order valence-corrected chi connectivity index (χ4v) is 0.606. The second-order valence-electron chi connectivity index (χ2n) is 1.83. The number of benzene rings is 1. The average molecular weight is 327 g/mol. The number of hydrogen-bond donors (Lipinski definition) is 0. The minimum atomic E-state index is -0.306. The Hall–Kier alpha value is 0.0434. The quantitative estimate of drug-likeness (QED) is 0.269. The van der Waals surface area contributed by atoms with Crippen molar-refractivity contribution in [3.8, 4) is 5.75 Å². The van der Waals surface area contributed by atoms with Crippen molar-refractivity contribution in [1.82, 2.24) is 0 Å². The first kappa shape index (κ1) is 14.6. The summed E-state index contributed by atoms with van der Waals surface area (Å²) >= 11 is 0. The summed E-state index contributed by atoms with van der Waals surface area (Å²) in [6.45, 7) is 1.37. The fourth-order valence-electron chi connectivity index (χ4n) is 0.606. The molecule has 0 aliphatic heterocycles. The molecule has 0 atom stereocenters. The van der Waals surface area contributed by atoms with Gasteiger partial charge in [0.1, 0.15) is 5.75 Å². The zero-order valence-electron chi connectivity index (χ0n) is 6.71. The zero-order valence-corrected chi connectivity index (χ0v) is 11.8. The van der Waals surface area contributed by atoms with E-state index in [1.807, 2.05) is 0 Å². The molecule has 0 aliphatic carbocycles.